The lowest BCUT2D eigenvalue weighted by Gasteiger charge is -2.36. The lowest BCUT2D eigenvalue weighted by molar-refractivity contribution is -0.160. The molecule has 2 heterocycles. The zero-order valence-electron chi connectivity index (χ0n) is 15.3. The number of ether oxygens (including phenoxy) is 1. The van der Waals surface area contributed by atoms with E-state index in [1.807, 2.05) is 20.8 Å². The zero-order chi connectivity index (χ0) is 17.7. The van der Waals surface area contributed by atoms with E-state index in [9.17, 15) is 15.0 Å². The molecule has 3 rings (SSSR count). The highest BCUT2D eigenvalue weighted by Crippen LogP contribution is 2.47. The van der Waals surface area contributed by atoms with Crippen LogP contribution in [-0.2, 0) is 9.53 Å². The molecule has 1 aliphatic carbocycles. The van der Waals surface area contributed by atoms with Crippen LogP contribution in [0.5, 0.6) is 0 Å². The van der Waals surface area contributed by atoms with Crippen LogP contribution in [0.2, 0.25) is 0 Å². The summed E-state index contributed by atoms with van der Waals surface area (Å²) >= 11 is 0. The third-order valence-corrected chi connectivity index (χ3v) is 6.39. The Balaban J connectivity index is 1.98. The van der Waals surface area contributed by atoms with Gasteiger partial charge in [0.25, 0.3) is 0 Å². The van der Waals surface area contributed by atoms with Crippen molar-refractivity contribution in [2.75, 3.05) is 0 Å². The highest BCUT2D eigenvalue weighted by Gasteiger charge is 2.55. The van der Waals surface area contributed by atoms with E-state index < -0.39 is 23.2 Å². The van der Waals surface area contributed by atoms with Crippen molar-refractivity contribution in [3.8, 4) is 0 Å². The van der Waals surface area contributed by atoms with Crippen LogP contribution in [-0.4, -0.2) is 39.4 Å². The van der Waals surface area contributed by atoms with Gasteiger partial charge in [-0.1, -0.05) is 11.6 Å². The second-order valence-electron chi connectivity index (χ2n) is 8.35. The van der Waals surface area contributed by atoms with Crippen molar-refractivity contribution >= 4 is 5.78 Å². The molecule has 1 fully saturated rings. The minimum atomic E-state index is -0.916. The van der Waals surface area contributed by atoms with Crippen LogP contribution in [0.4, 0.5) is 0 Å². The molecule has 0 aromatic heterocycles. The molecule has 0 radical (unpaired) electrons. The topological polar surface area (TPSA) is 66.8 Å². The van der Waals surface area contributed by atoms with Crippen LogP contribution in [0.3, 0.4) is 0 Å². The van der Waals surface area contributed by atoms with Crippen LogP contribution in [0.25, 0.3) is 0 Å². The van der Waals surface area contributed by atoms with Crippen LogP contribution in [0, 0.1) is 5.92 Å². The highest BCUT2D eigenvalue weighted by molar-refractivity contribution is 6.02. The molecule has 0 unspecified atom stereocenters. The van der Waals surface area contributed by atoms with Crippen LogP contribution in [0.15, 0.2) is 22.8 Å². The van der Waals surface area contributed by atoms with Crippen LogP contribution >= 0.6 is 0 Å². The SMILES string of the molecule is CC1=C2CC/C(C)=C\CC[C@@](C)(O)[C@H]3CC[C@@](C)(O3)[C@@H](C2=O)[C@@H]1O. The predicted octanol–water partition coefficient (Wildman–Crippen LogP) is 3.07. The van der Waals surface area contributed by atoms with Gasteiger partial charge in [-0.05, 0) is 77.4 Å². The van der Waals surface area contributed by atoms with E-state index in [1.54, 1.807) is 0 Å². The second kappa shape index (κ2) is 6.08. The molecule has 134 valence electrons. The molecule has 5 atom stereocenters. The molecule has 0 aromatic rings. The Labute approximate surface area is 144 Å². The molecule has 4 nitrogen and oxygen atoms in total. The van der Waals surface area contributed by atoms with E-state index >= 15 is 0 Å². The molecule has 1 saturated heterocycles. The molecule has 0 aromatic carbocycles. The number of ketones is 1. The van der Waals surface area contributed by atoms with Crippen molar-refractivity contribution in [3.63, 3.8) is 0 Å². The summed E-state index contributed by atoms with van der Waals surface area (Å²) in [6.07, 6.45) is 5.46. The number of Topliss-reactive ketones (excluding diaryl/α,β-unsaturated/α-hetero) is 1. The van der Waals surface area contributed by atoms with Gasteiger partial charge in [-0.2, -0.15) is 0 Å². The molecule has 2 aliphatic heterocycles. The first-order valence-corrected chi connectivity index (χ1v) is 9.13. The van der Waals surface area contributed by atoms with Crippen molar-refractivity contribution in [3.05, 3.63) is 22.8 Å². The first kappa shape index (κ1) is 17.8. The van der Waals surface area contributed by atoms with E-state index in [0.717, 1.165) is 30.4 Å². The van der Waals surface area contributed by atoms with Crippen LogP contribution in [0.1, 0.15) is 66.2 Å². The molecule has 0 amide bonds. The highest BCUT2D eigenvalue weighted by atomic mass is 16.5. The maximum Gasteiger partial charge on any atom is 0.167 e. The first-order chi connectivity index (χ1) is 11.2. The Hall–Kier alpha value is -0.970. The summed E-state index contributed by atoms with van der Waals surface area (Å²) < 4.78 is 6.25. The fraction of sp³-hybridized carbons (Fsp3) is 0.750. The van der Waals surface area contributed by atoms with Crippen molar-refractivity contribution in [2.45, 2.75) is 89.6 Å². The molecule has 0 spiro atoms. The van der Waals surface area contributed by atoms with Gasteiger partial charge in [0.15, 0.2) is 5.78 Å². The predicted molar refractivity (Wildman–Crippen MR) is 92.6 cm³/mol. The Morgan fingerprint density at radius 3 is 2.62 bits per heavy atom. The number of carbonyl (C=O) groups excluding carboxylic acids is 1. The fourth-order valence-electron chi connectivity index (χ4n) is 4.61. The van der Waals surface area contributed by atoms with E-state index in [0.29, 0.717) is 19.3 Å². The van der Waals surface area contributed by atoms with Gasteiger partial charge < -0.3 is 14.9 Å². The largest absolute Gasteiger partial charge is 0.388 e. The van der Waals surface area contributed by atoms with Gasteiger partial charge in [-0.15, -0.1) is 0 Å². The lowest BCUT2D eigenvalue weighted by Crippen LogP contribution is -2.47. The maximum absolute atomic E-state index is 13.0. The van der Waals surface area contributed by atoms with Crippen molar-refractivity contribution in [1.29, 1.82) is 0 Å². The van der Waals surface area contributed by atoms with Crippen molar-refractivity contribution in [1.82, 2.24) is 0 Å². The molecule has 4 bridgehead atoms. The van der Waals surface area contributed by atoms with Crippen molar-refractivity contribution < 1.29 is 19.7 Å². The second-order valence-corrected chi connectivity index (χ2v) is 8.35. The van der Waals surface area contributed by atoms with Gasteiger partial charge in [0.05, 0.1) is 29.3 Å². The Bertz CT molecular complexity index is 601. The Morgan fingerprint density at radius 1 is 1.21 bits per heavy atom. The van der Waals surface area contributed by atoms with E-state index in [1.165, 1.54) is 5.57 Å². The van der Waals surface area contributed by atoms with Gasteiger partial charge >= 0.3 is 0 Å². The average Bonchev–Trinajstić information content (AvgIpc) is 2.98. The Morgan fingerprint density at radius 2 is 1.92 bits per heavy atom. The third kappa shape index (κ3) is 2.89. The number of allylic oxidation sites excluding steroid dienone is 3. The van der Waals surface area contributed by atoms with Gasteiger partial charge in [-0.25, -0.2) is 0 Å². The van der Waals surface area contributed by atoms with Gasteiger partial charge in [0.2, 0.25) is 0 Å². The van der Waals surface area contributed by atoms with E-state index in [4.69, 9.17) is 4.74 Å². The summed E-state index contributed by atoms with van der Waals surface area (Å²) in [5.74, 6) is -0.506. The zero-order valence-corrected chi connectivity index (χ0v) is 15.3. The molecule has 4 heteroatoms. The third-order valence-electron chi connectivity index (χ3n) is 6.39. The monoisotopic (exact) mass is 334 g/mol. The van der Waals surface area contributed by atoms with Gasteiger partial charge in [0, 0.05) is 0 Å². The molecule has 0 saturated carbocycles. The van der Waals surface area contributed by atoms with E-state index in [-0.39, 0.29) is 11.9 Å². The smallest absolute Gasteiger partial charge is 0.167 e. The lowest BCUT2D eigenvalue weighted by atomic mass is 9.81. The standard InChI is InChI=1S/C20H30O4/c1-12-6-5-10-19(3,23)15-9-11-20(4,24-15)16-17(21)13(2)14(8-7-12)18(16)22/h6,15-17,21,23H,5,7-11H2,1-4H3/b12-6-/t15-,16-,17-,19-,20-/m1/s1. The van der Waals surface area contributed by atoms with Crippen molar-refractivity contribution in [2.24, 2.45) is 5.92 Å². The molecular weight excluding hydrogens is 304 g/mol. The summed E-state index contributed by atoms with van der Waals surface area (Å²) in [6, 6.07) is 0. The van der Waals surface area contributed by atoms with E-state index in [2.05, 4.69) is 13.0 Å². The molecule has 2 N–H and O–H groups in total. The van der Waals surface area contributed by atoms with Gasteiger partial charge in [-0.3, -0.25) is 4.79 Å². The number of hydrogen-bond donors (Lipinski definition) is 2. The molecular formula is C20H30O4. The minimum absolute atomic E-state index is 0.0369. The first-order valence-electron chi connectivity index (χ1n) is 9.13. The number of aliphatic hydroxyl groups excluding tert-OH is 1. The quantitative estimate of drug-likeness (QED) is 0.668. The minimum Gasteiger partial charge on any atom is -0.388 e. The normalized spacial score (nSPS) is 46.2. The summed E-state index contributed by atoms with van der Waals surface area (Å²) in [5, 5.41) is 21.6. The fourth-order valence-corrected chi connectivity index (χ4v) is 4.61. The molecule has 3 aliphatic rings. The maximum atomic E-state index is 13.0. The summed E-state index contributed by atoms with van der Waals surface area (Å²) in [6.45, 7) is 7.69. The van der Waals surface area contributed by atoms with Crippen LogP contribution < -0.4 is 0 Å². The Kier molecular flexibility index (Phi) is 4.52. The number of fused-ring (bicyclic) bond motifs is 5. The summed E-state index contributed by atoms with van der Waals surface area (Å²) in [5.41, 5.74) is 1.19. The summed E-state index contributed by atoms with van der Waals surface area (Å²) in [7, 11) is 0. The number of rotatable bonds is 0. The number of aliphatic hydroxyl groups is 2. The average molecular weight is 334 g/mol. The summed E-state index contributed by atoms with van der Waals surface area (Å²) in [4.78, 5) is 13.0. The molecule has 24 heavy (non-hydrogen) atoms. The number of carbonyl (C=O) groups is 1. The number of hydrogen-bond acceptors (Lipinski definition) is 4. The van der Waals surface area contributed by atoms with Gasteiger partial charge in [0.1, 0.15) is 0 Å².